The third kappa shape index (κ3) is 4.22. The van der Waals surface area contributed by atoms with Gasteiger partial charge < -0.3 is 19.9 Å². The molecule has 0 atom stereocenters. The molecule has 0 saturated carbocycles. The summed E-state index contributed by atoms with van der Waals surface area (Å²) in [5.41, 5.74) is 1.32. The summed E-state index contributed by atoms with van der Waals surface area (Å²) in [5.74, 6) is -0.779. The number of nitrogens with zero attached hydrogens (tertiary/aromatic N) is 2. The molecule has 0 amide bonds. The van der Waals surface area contributed by atoms with Gasteiger partial charge in [0.25, 0.3) is 0 Å². The van der Waals surface area contributed by atoms with Gasteiger partial charge in [0.1, 0.15) is 11.6 Å². The number of hydrogen-bond donors (Lipinski definition) is 2. The zero-order valence-corrected chi connectivity index (χ0v) is 17.3. The van der Waals surface area contributed by atoms with E-state index in [4.69, 9.17) is 0 Å². The Bertz CT molecular complexity index is 1210. The molecule has 31 heavy (non-hydrogen) atoms. The molecule has 6 nitrogen and oxygen atoms in total. The van der Waals surface area contributed by atoms with Gasteiger partial charge in [0, 0.05) is 44.3 Å². The van der Waals surface area contributed by atoms with Crippen molar-refractivity contribution in [1.29, 1.82) is 0 Å². The number of benzene rings is 2. The van der Waals surface area contributed by atoms with Crippen LogP contribution in [0.15, 0.2) is 53.5 Å². The van der Waals surface area contributed by atoms with Gasteiger partial charge in [0.15, 0.2) is 5.78 Å². The summed E-state index contributed by atoms with van der Waals surface area (Å²) in [5, 5.41) is 12.8. The first kappa shape index (κ1) is 20.8. The van der Waals surface area contributed by atoms with E-state index in [-0.39, 0.29) is 16.7 Å². The Labute approximate surface area is 179 Å². The zero-order valence-electron chi connectivity index (χ0n) is 17.3. The van der Waals surface area contributed by atoms with E-state index in [2.05, 4.69) is 5.32 Å². The average Bonchev–Trinajstić information content (AvgIpc) is 2.79. The number of hydrogen-bond acceptors (Lipinski definition) is 5. The van der Waals surface area contributed by atoms with Crippen molar-refractivity contribution >= 4 is 28.4 Å². The van der Waals surface area contributed by atoms with Crippen LogP contribution in [0.2, 0.25) is 0 Å². The van der Waals surface area contributed by atoms with E-state index in [1.54, 1.807) is 30.5 Å². The second kappa shape index (κ2) is 8.73. The van der Waals surface area contributed by atoms with Gasteiger partial charge in [-0.15, -0.1) is 0 Å². The quantitative estimate of drug-likeness (QED) is 0.489. The van der Waals surface area contributed by atoms with Crippen LogP contribution in [0.4, 0.5) is 10.1 Å². The average molecular weight is 421 g/mol. The van der Waals surface area contributed by atoms with Gasteiger partial charge in [-0.1, -0.05) is 18.2 Å². The van der Waals surface area contributed by atoms with Gasteiger partial charge in [-0.2, -0.15) is 0 Å². The minimum absolute atomic E-state index is 0.00120. The van der Waals surface area contributed by atoms with E-state index < -0.39 is 17.0 Å². The highest BCUT2D eigenvalue weighted by molar-refractivity contribution is 6.08. The summed E-state index contributed by atoms with van der Waals surface area (Å²) < 4.78 is 16.7. The number of nitrogens with one attached hydrogen (secondary N) is 1. The fraction of sp³-hybridized carbons (Fsp3) is 0.250. The third-order valence-corrected chi connectivity index (χ3v) is 5.53. The third-order valence-electron chi connectivity index (χ3n) is 5.53. The summed E-state index contributed by atoms with van der Waals surface area (Å²) in [6, 6.07) is 9.32. The van der Waals surface area contributed by atoms with Gasteiger partial charge >= 0.3 is 0 Å². The molecule has 1 fully saturated rings. The SMILES string of the molecule is CCn1cc(C(=O)C=Cc2ccc(O)cc2)c(=O)c2cc(F)c(N3CCNCC3)cc21. The lowest BCUT2D eigenvalue weighted by Crippen LogP contribution is -2.43. The topological polar surface area (TPSA) is 74.6 Å². The van der Waals surface area contributed by atoms with Gasteiger partial charge in [-0.25, -0.2) is 4.39 Å². The summed E-state index contributed by atoms with van der Waals surface area (Å²) in [7, 11) is 0. The van der Waals surface area contributed by atoms with Gasteiger partial charge in [0.2, 0.25) is 5.43 Å². The first-order valence-electron chi connectivity index (χ1n) is 10.3. The minimum atomic E-state index is -0.481. The number of piperazine rings is 1. The minimum Gasteiger partial charge on any atom is -0.508 e. The van der Waals surface area contributed by atoms with Gasteiger partial charge in [-0.05, 0) is 42.8 Å². The highest BCUT2D eigenvalue weighted by atomic mass is 19.1. The zero-order chi connectivity index (χ0) is 22.0. The first-order chi connectivity index (χ1) is 15.0. The molecule has 1 saturated heterocycles. The lowest BCUT2D eigenvalue weighted by molar-refractivity contribution is 0.104. The molecule has 1 aromatic heterocycles. The summed E-state index contributed by atoms with van der Waals surface area (Å²) in [6.45, 7) is 5.39. The second-order valence-corrected chi connectivity index (χ2v) is 7.50. The largest absolute Gasteiger partial charge is 0.508 e. The van der Waals surface area contributed by atoms with Crippen molar-refractivity contribution in [2.24, 2.45) is 0 Å². The molecule has 3 aromatic rings. The molecule has 2 aromatic carbocycles. The normalized spacial score (nSPS) is 14.5. The predicted octanol–water partition coefficient (Wildman–Crippen LogP) is 3.17. The maximum atomic E-state index is 14.9. The number of aryl methyl sites for hydroxylation is 1. The fourth-order valence-electron chi connectivity index (χ4n) is 3.83. The number of phenols is 1. The van der Waals surface area contributed by atoms with Crippen LogP contribution in [0.25, 0.3) is 17.0 Å². The standard InChI is InChI=1S/C24H24FN3O3/c1-2-27-15-19(23(30)8-5-16-3-6-17(29)7-4-16)24(31)18-13-20(25)22(14-21(18)27)28-11-9-26-10-12-28/h3-8,13-15,26,29H,2,9-12H2,1H3. The molecule has 0 radical (unpaired) electrons. The number of allylic oxidation sites excluding steroid dienone is 1. The number of ketones is 1. The summed E-state index contributed by atoms with van der Waals surface area (Å²) >= 11 is 0. The number of carbonyl (C=O) groups excluding carboxylic acids is 1. The molecule has 2 heterocycles. The Kier molecular flexibility index (Phi) is 5.86. The number of fused-ring (bicyclic) bond motifs is 1. The first-order valence-corrected chi connectivity index (χ1v) is 10.3. The van der Waals surface area contributed by atoms with E-state index >= 15 is 0 Å². The predicted molar refractivity (Wildman–Crippen MR) is 120 cm³/mol. The molecular weight excluding hydrogens is 397 g/mol. The van der Waals surface area contributed by atoms with Crippen molar-refractivity contribution in [2.75, 3.05) is 31.1 Å². The van der Waals surface area contributed by atoms with E-state index in [1.807, 2.05) is 16.4 Å². The Balaban J connectivity index is 1.75. The van der Waals surface area contributed by atoms with Crippen LogP contribution in [-0.4, -0.2) is 41.6 Å². The molecule has 1 aliphatic rings. The van der Waals surface area contributed by atoms with E-state index in [0.717, 1.165) is 18.7 Å². The van der Waals surface area contributed by atoms with Crippen LogP contribution in [0.1, 0.15) is 22.8 Å². The number of aromatic nitrogens is 1. The Morgan fingerprint density at radius 3 is 2.58 bits per heavy atom. The molecule has 7 heteroatoms. The van der Waals surface area contributed by atoms with Crippen LogP contribution < -0.4 is 15.6 Å². The Hall–Kier alpha value is -3.45. The molecule has 2 N–H and O–H groups in total. The molecule has 1 aliphatic heterocycles. The van der Waals surface area contributed by atoms with Crippen LogP contribution in [0.5, 0.6) is 5.75 Å². The van der Waals surface area contributed by atoms with Gasteiger partial charge in [-0.3, -0.25) is 9.59 Å². The molecule has 0 unspecified atom stereocenters. The van der Waals surface area contributed by atoms with Crippen LogP contribution in [0, 0.1) is 5.82 Å². The van der Waals surface area contributed by atoms with Crippen LogP contribution in [0.3, 0.4) is 0 Å². The number of carbonyl (C=O) groups is 1. The molecule has 160 valence electrons. The molecule has 0 aliphatic carbocycles. The monoisotopic (exact) mass is 421 g/mol. The van der Waals surface area contributed by atoms with E-state index in [9.17, 15) is 19.1 Å². The number of aromatic hydroxyl groups is 1. The van der Waals surface area contributed by atoms with E-state index in [1.165, 1.54) is 24.3 Å². The number of halogens is 1. The molecule has 0 bridgehead atoms. The van der Waals surface area contributed by atoms with Crippen molar-refractivity contribution in [3.63, 3.8) is 0 Å². The van der Waals surface area contributed by atoms with Crippen LogP contribution >= 0.6 is 0 Å². The van der Waals surface area contributed by atoms with Crippen molar-refractivity contribution in [3.8, 4) is 5.75 Å². The molecule has 4 rings (SSSR count). The van der Waals surface area contributed by atoms with Gasteiger partial charge in [0.05, 0.1) is 16.8 Å². The lowest BCUT2D eigenvalue weighted by Gasteiger charge is -2.30. The highest BCUT2D eigenvalue weighted by Gasteiger charge is 2.19. The summed E-state index contributed by atoms with van der Waals surface area (Å²) in [4.78, 5) is 27.8. The smallest absolute Gasteiger partial charge is 0.200 e. The number of pyridine rings is 1. The van der Waals surface area contributed by atoms with E-state index in [0.29, 0.717) is 30.8 Å². The Morgan fingerprint density at radius 2 is 1.90 bits per heavy atom. The second-order valence-electron chi connectivity index (χ2n) is 7.50. The number of rotatable bonds is 5. The fourth-order valence-corrected chi connectivity index (χ4v) is 3.83. The Morgan fingerprint density at radius 1 is 1.19 bits per heavy atom. The number of anilines is 1. The highest BCUT2D eigenvalue weighted by Crippen LogP contribution is 2.26. The van der Waals surface area contributed by atoms with Crippen molar-refractivity contribution in [3.05, 3.63) is 75.8 Å². The summed E-state index contributed by atoms with van der Waals surface area (Å²) in [6.07, 6.45) is 4.45. The van der Waals surface area contributed by atoms with Crippen molar-refractivity contribution in [1.82, 2.24) is 9.88 Å². The number of phenolic OH excluding ortho intramolecular Hbond substituents is 1. The maximum absolute atomic E-state index is 14.9. The van der Waals surface area contributed by atoms with Crippen LogP contribution in [-0.2, 0) is 6.54 Å². The lowest BCUT2D eigenvalue weighted by atomic mass is 10.1. The maximum Gasteiger partial charge on any atom is 0.200 e. The van der Waals surface area contributed by atoms with Crippen molar-refractivity contribution < 1.29 is 14.3 Å². The van der Waals surface area contributed by atoms with Crippen molar-refractivity contribution in [2.45, 2.75) is 13.5 Å². The molecule has 0 spiro atoms. The molecular formula is C24H24FN3O3.